The van der Waals surface area contributed by atoms with Gasteiger partial charge in [-0.2, -0.15) is 0 Å². The molecule has 1 atom stereocenters. The molecule has 3 rings (SSSR count). The molecule has 1 fully saturated rings. The fourth-order valence-electron chi connectivity index (χ4n) is 4.66. The van der Waals surface area contributed by atoms with Crippen LogP contribution < -0.4 is 15.5 Å². The Hall–Kier alpha value is -1.88. The number of para-hydroxylation sites is 1. The number of amides is 2. The van der Waals surface area contributed by atoms with Crippen LogP contribution in [-0.4, -0.2) is 35.0 Å². The summed E-state index contributed by atoms with van der Waals surface area (Å²) in [6.07, 6.45) is 2.41. The standard InChI is InChI=1S/C20H29N3O2/c1-13-10-14-8-6-7-9-16(14)23(13)18(25)17(24)21-15-11-19(2,3)22-20(4,5)12-15/h6-9,13,15,22H,10-12H2,1-5H3,(H,21,24). The molecule has 0 aromatic heterocycles. The van der Waals surface area contributed by atoms with Crippen LogP contribution in [0.25, 0.3) is 0 Å². The minimum absolute atomic E-state index is 0.00384. The quantitative estimate of drug-likeness (QED) is 0.770. The summed E-state index contributed by atoms with van der Waals surface area (Å²) in [5.41, 5.74) is 1.84. The van der Waals surface area contributed by atoms with Crippen LogP contribution in [0.1, 0.15) is 53.0 Å². The fraction of sp³-hybridized carbons (Fsp3) is 0.600. The summed E-state index contributed by atoms with van der Waals surface area (Å²) in [4.78, 5) is 27.1. The molecule has 2 aliphatic rings. The van der Waals surface area contributed by atoms with Crippen LogP contribution >= 0.6 is 0 Å². The minimum Gasteiger partial charge on any atom is -0.345 e. The zero-order valence-corrected chi connectivity index (χ0v) is 15.8. The van der Waals surface area contributed by atoms with Crippen LogP contribution in [0.4, 0.5) is 5.69 Å². The molecule has 2 N–H and O–H groups in total. The van der Waals surface area contributed by atoms with Gasteiger partial charge in [-0.05, 0) is 65.5 Å². The van der Waals surface area contributed by atoms with Crippen molar-refractivity contribution in [1.82, 2.24) is 10.6 Å². The first kappa shape index (κ1) is 17.9. The van der Waals surface area contributed by atoms with Gasteiger partial charge in [-0.1, -0.05) is 18.2 Å². The van der Waals surface area contributed by atoms with Crippen molar-refractivity contribution in [2.24, 2.45) is 0 Å². The van der Waals surface area contributed by atoms with Crippen molar-refractivity contribution in [3.63, 3.8) is 0 Å². The molecule has 25 heavy (non-hydrogen) atoms. The average Bonchev–Trinajstić information content (AvgIpc) is 2.78. The molecule has 1 unspecified atom stereocenters. The van der Waals surface area contributed by atoms with Crippen LogP contribution in [0.15, 0.2) is 24.3 Å². The Morgan fingerprint density at radius 1 is 1.12 bits per heavy atom. The second kappa shape index (κ2) is 6.13. The summed E-state index contributed by atoms with van der Waals surface area (Å²) >= 11 is 0. The molecule has 0 spiro atoms. The van der Waals surface area contributed by atoms with Crippen LogP contribution in [0.3, 0.4) is 0 Å². The van der Waals surface area contributed by atoms with Crippen molar-refractivity contribution in [2.75, 3.05) is 4.90 Å². The number of nitrogens with one attached hydrogen (secondary N) is 2. The summed E-state index contributed by atoms with van der Waals surface area (Å²) in [5, 5.41) is 6.58. The number of piperidine rings is 1. The SMILES string of the molecule is CC1Cc2ccccc2N1C(=O)C(=O)NC1CC(C)(C)NC(C)(C)C1. The molecule has 5 nitrogen and oxygen atoms in total. The highest BCUT2D eigenvalue weighted by Gasteiger charge is 2.40. The lowest BCUT2D eigenvalue weighted by atomic mass is 9.79. The highest BCUT2D eigenvalue weighted by atomic mass is 16.2. The molecule has 0 aliphatic carbocycles. The van der Waals surface area contributed by atoms with Crippen LogP contribution in [0, 0.1) is 0 Å². The Morgan fingerprint density at radius 2 is 1.72 bits per heavy atom. The molecule has 1 saturated heterocycles. The van der Waals surface area contributed by atoms with Gasteiger partial charge in [0, 0.05) is 28.8 Å². The molecule has 2 aliphatic heterocycles. The van der Waals surface area contributed by atoms with E-state index in [-0.39, 0.29) is 23.2 Å². The number of nitrogens with zero attached hydrogens (tertiary/aromatic N) is 1. The Bertz CT molecular complexity index is 680. The van der Waals surface area contributed by atoms with Crippen molar-refractivity contribution < 1.29 is 9.59 Å². The van der Waals surface area contributed by atoms with E-state index in [1.807, 2.05) is 31.2 Å². The van der Waals surface area contributed by atoms with E-state index in [2.05, 4.69) is 38.3 Å². The zero-order valence-electron chi connectivity index (χ0n) is 15.8. The number of rotatable bonds is 1. The smallest absolute Gasteiger partial charge is 0.316 e. The lowest BCUT2D eigenvalue weighted by Crippen LogP contribution is -2.63. The number of benzene rings is 1. The number of hydrogen-bond acceptors (Lipinski definition) is 3. The van der Waals surface area contributed by atoms with Crippen LogP contribution in [0.2, 0.25) is 0 Å². The van der Waals surface area contributed by atoms with Gasteiger partial charge in [-0.15, -0.1) is 0 Å². The van der Waals surface area contributed by atoms with Gasteiger partial charge in [0.25, 0.3) is 0 Å². The lowest BCUT2D eigenvalue weighted by Gasteiger charge is -2.46. The first-order chi connectivity index (χ1) is 11.6. The Kier molecular flexibility index (Phi) is 4.40. The first-order valence-electron chi connectivity index (χ1n) is 9.09. The lowest BCUT2D eigenvalue weighted by molar-refractivity contribution is -0.138. The van der Waals surface area contributed by atoms with E-state index in [1.54, 1.807) is 4.90 Å². The maximum Gasteiger partial charge on any atom is 0.316 e. The highest BCUT2D eigenvalue weighted by molar-refractivity contribution is 6.40. The van der Waals surface area contributed by atoms with E-state index in [0.717, 1.165) is 30.5 Å². The van der Waals surface area contributed by atoms with E-state index >= 15 is 0 Å². The zero-order chi connectivity index (χ0) is 18.4. The molecule has 1 aromatic carbocycles. The molecular formula is C20H29N3O2. The van der Waals surface area contributed by atoms with Crippen LogP contribution in [0.5, 0.6) is 0 Å². The maximum atomic E-state index is 12.8. The van der Waals surface area contributed by atoms with Crippen molar-refractivity contribution in [3.8, 4) is 0 Å². The Labute approximate surface area is 150 Å². The van der Waals surface area contributed by atoms with Crippen molar-refractivity contribution in [1.29, 1.82) is 0 Å². The molecule has 2 heterocycles. The van der Waals surface area contributed by atoms with Gasteiger partial charge < -0.3 is 15.5 Å². The third-order valence-electron chi connectivity index (χ3n) is 5.15. The van der Waals surface area contributed by atoms with E-state index in [1.165, 1.54) is 0 Å². The molecule has 5 heteroatoms. The number of hydrogen-bond donors (Lipinski definition) is 2. The summed E-state index contributed by atoms with van der Waals surface area (Å²) in [6.45, 7) is 10.5. The largest absolute Gasteiger partial charge is 0.345 e. The van der Waals surface area contributed by atoms with Crippen molar-refractivity contribution in [2.45, 2.75) is 77.0 Å². The molecule has 0 saturated carbocycles. The average molecular weight is 343 g/mol. The van der Waals surface area contributed by atoms with Crippen molar-refractivity contribution >= 4 is 17.5 Å². The number of carbonyl (C=O) groups is 2. The van der Waals surface area contributed by atoms with Crippen molar-refractivity contribution in [3.05, 3.63) is 29.8 Å². The monoisotopic (exact) mass is 343 g/mol. The van der Waals surface area contributed by atoms with E-state index < -0.39 is 11.8 Å². The van der Waals surface area contributed by atoms with Gasteiger partial charge in [-0.3, -0.25) is 9.59 Å². The predicted octanol–water partition coefficient (Wildman–Crippen LogP) is 2.39. The minimum atomic E-state index is -0.498. The normalized spacial score (nSPS) is 24.7. The molecular weight excluding hydrogens is 314 g/mol. The molecule has 2 amide bonds. The fourth-order valence-corrected chi connectivity index (χ4v) is 4.66. The van der Waals surface area contributed by atoms with E-state index in [4.69, 9.17) is 0 Å². The van der Waals surface area contributed by atoms with E-state index in [0.29, 0.717) is 0 Å². The van der Waals surface area contributed by atoms with Gasteiger partial charge in [0.1, 0.15) is 0 Å². The van der Waals surface area contributed by atoms with Crippen LogP contribution in [-0.2, 0) is 16.0 Å². The van der Waals surface area contributed by atoms with Gasteiger partial charge >= 0.3 is 11.8 Å². The second-order valence-electron chi connectivity index (χ2n) is 8.83. The summed E-state index contributed by atoms with van der Waals surface area (Å²) in [5.74, 6) is -0.950. The van der Waals surface area contributed by atoms with Gasteiger partial charge in [0.2, 0.25) is 0 Å². The molecule has 0 bridgehead atoms. The summed E-state index contributed by atoms with van der Waals surface area (Å²) < 4.78 is 0. The third-order valence-corrected chi connectivity index (χ3v) is 5.15. The molecule has 0 radical (unpaired) electrons. The van der Waals surface area contributed by atoms with Gasteiger partial charge in [-0.25, -0.2) is 0 Å². The summed E-state index contributed by atoms with van der Waals surface area (Å²) in [6, 6.07) is 7.83. The summed E-state index contributed by atoms with van der Waals surface area (Å²) in [7, 11) is 0. The maximum absolute atomic E-state index is 12.8. The second-order valence-corrected chi connectivity index (χ2v) is 8.83. The topological polar surface area (TPSA) is 61.4 Å². The van der Waals surface area contributed by atoms with Gasteiger partial charge in [0.15, 0.2) is 0 Å². The number of carbonyl (C=O) groups excluding carboxylic acids is 2. The van der Waals surface area contributed by atoms with Gasteiger partial charge in [0.05, 0.1) is 0 Å². The molecule has 1 aromatic rings. The number of anilines is 1. The Balaban J connectivity index is 1.72. The predicted molar refractivity (Wildman–Crippen MR) is 99.6 cm³/mol. The third kappa shape index (κ3) is 3.71. The first-order valence-corrected chi connectivity index (χ1v) is 9.09. The van der Waals surface area contributed by atoms with E-state index in [9.17, 15) is 9.59 Å². The number of fused-ring (bicyclic) bond motifs is 1. The Morgan fingerprint density at radius 3 is 2.36 bits per heavy atom. The highest BCUT2D eigenvalue weighted by Crippen LogP contribution is 2.32. The molecule has 136 valence electrons.